The number of fused-ring (bicyclic) bond motifs is 1. The number of nitrogens with zero attached hydrogens (tertiary/aromatic N) is 4. The van der Waals surface area contributed by atoms with Crippen molar-refractivity contribution in [3.8, 4) is 5.69 Å². The highest BCUT2D eigenvalue weighted by Gasteiger charge is 2.36. The number of benzene rings is 1. The highest BCUT2D eigenvalue weighted by Crippen LogP contribution is 2.38. The van der Waals surface area contributed by atoms with E-state index in [0.717, 1.165) is 0 Å². The highest BCUT2D eigenvalue weighted by molar-refractivity contribution is 6.00. The fourth-order valence-electron chi connectivity index (χ4n) is 3.87. The van der Waals surface area contributed by atoms with Crippen molar-refractivity contribution in [2.75, 3.05) is 27.3 Å². The molecular weight excluding hydrogens is 388 g/mol. The maximum Gasteiger partial charge on any atom is 0.295 e. The van der Waals surface area contributed by atoms with Gasteiger partial charge in [0, 0.05) is 38.8 Å². The maximum atomic E-state index is 12.6. The number of ketones is 1. The van der Waals surface area contributed by atoms with Gasteiger partial charge in [0.05, 0.1) is 28.5 Å². The third kappa shape index (κ3) is 3.97. The summed E-state index contributed by atoms with van der Waals surface area (Å²) in [6, 6.07) is 4.33. The second kappa shape index (κ2) is 7.98. The summed E-state index contributed by atoms with van der Waals surface area (Å²) in [6.45, 7) is 6.46. The van der Waals surface area contributed by atoms with Crippen LogP contribution in [0.3, 0.4) is 0 Å². The summed E-state index contributed by atoms with van der Waals surface area (Å²) >= 11 is 0. The molecule has 0 saturated carbocycles. The first-order chi connectivity index (χ1) is 14.1. The molecule has 0 fully saturated rings. The Kier molecular flexibility index (Phi) is 5.76. The number of methoxy groups -OCH3 is 1. The standard InChI is InChI=1S/C21H26N4O5/c1-13-19-17(11-21(2,3)12-18(19)26)24(22-13)15-7-6-14(10-16(15)25(28)29)20(27)23(4)8-9-30-5/h6-7,10H,8-9,11-12H2,1-5H3. The van der Waals surface area contributed by atoms with Crippen LogP contribution in [0.25, 0.3) is 5.69 Å². The van der Waals surface area contributed by atoms with Crippen molar-refractivity contribution in [2.24, 2.45) is 5.41 Å². The predicted octanol–water partition coefficient (Wildman–Crippen LogP) is 2.96. The number of nitro benzene ring substituents is 1. The Morgan fingerprint density at radius 3 is 2.70 bits per heavy atom. The second-order valence-corrected chi connectivity index (χ2v) is 8.44. The van der Waals surface area contributed by atoms with Crippen LogP contribution in [-0.2, 0) is 11.2 Å². The van der Waals surface area contributed by atoms with Crippen LogP contribution in [0, 0.1) is 22.5 Å². The highest BCUT2D eigenvalue weighted by atomic mass is 16.6. The van der Waals surface area contributed by atoms with E-state index >= 15 is 0 Å². The smallest absolute Gasteiger partial charge is 0.295 e. The molecule has 9 heteroatoms. The molecule has 1 heterocycles. The van der Waals surface area contributed by atoms with Crippen molar-refractivity contribution in [3.05, 3.63) is 50.8 Å². The van der Waals surface area contributed by atoms with E-state index in [0.29, 0.717) is 42.9 Å². The Morgan fingerprint density at radius 1 is 1.37 bits per heavy atom. The molecule has 0 unspecified atom stereocenters. The van der Waals surface area contributed by atoms with Crippen molar-refractivity contribution >= 4 is 17.4 Å². The first-order valence-electron chi connectivity index (χ1n) is 9.70. The van der Waals surface area contributed by atoms with E-state index < -0.39 is 4.92 Å². The molecule has 0 spiro atoms. The van der Waals surface area contributed by atoms with Gasteiger partial charge in [0.1, 0.15) is 5.69 Å². The Hall–Kier alpha value is -3.07. The third-order valence-electron chi connectivity index (χ3n) is 5.34. The van der Waals surface area contributed by atoms with Crippen LogP contribution in [0.1, 0.15) is 52.4 Å². The summed E-state index contributed by atoms with van der Waals surface area (Å²) in [7, 11) is 3.15. The van der Waals surface area contributed by atoms with Crippen molar-refractivity contribution in [2.45, 2.75) is 33.6 Å². The first kappa shape index (κ1) is 21.6. The van der Waals surface area contributed by atoms with Gasteiger partial charge in [-0.15, -0.1) is 0 Å². The summed E-state index contributed by atoms with van der Waals surface area (Å²) in [5.74, 6) is -0.337. The first-order valence-corrected chi connectivity index (χ1v) is 9.70. The number of nitro groups is 1. The molecule has 9 nitrogen and oxygen atoms in total. The Labute approximate surface area is 174 Å². The van der Waals surface area contributed by atoms with E-state index in [-0.39, 0.29) is 34.0 Å². The lowest BCUT2D eigenvalue weighted by Crippen LogP contribution is -2.30. The van der Waals surface area contributed by atoms with Crippen molar-refractivity contribution < 1.29 is 19.2 Å². The van der Waals surface area contributed by atoms with E-state index in [1.807, 2.05) is 13.8 Å². The van der Waals surface area contributed by atoms with Gasteiger partial charge in [0.2, 0.25) is 0 Å². The molecule has 1 amide bonds. The van der Waals surface area contributed by atoms with Crippen molar-refractivity contribution in [1.82, 2.24) is 14.7 Å². The molecule has 2 aromatic rings. The van der Waals surface area contributed by atoms with Crippen molar-refractivity contribution in [1.29, 1.82) is 0 Å². The van der Waals surface area contributed by atoms with E-state index in [1.165, 1.54) is 28.8 Å². The molecule has 30 heavy (non-hydrogen) atoms. The normalized spacial score (nSPS) is 15.0. The van der Waals surface area contributed by atoms with Gasteiger partial charge < -0.3 is 9.64 Å². The van der Waals surface area contributed by atoms with Crippen LogP contribution in [0.2, 0.25) is 0 Å². The van der Waals surface area contributed by atoms with Crippen LogP contribution in [0.5, 0.6) is 0 Å². The number of likely N-dealkylation sites (N-methyl/N-ethyl adjacent to an activating group) is 1. The zero-order valence-corrected chi connectivity index (χ0v) is 17.9. The number of amides is 1. The summed E-state index contributed by atoms with van der Waals surface area (Å²) in [5.41, 5.74) is 1.73. The monoisotopic (exact) mass is 414 g/mol. The molecule has 0 N–H and O–H groups in total. The van der Waals surface area contributed by atoms with Gasteiger partial charge in [-0.2, -0.15) is 5.10 Å². The van der Waals surface area contributed by atoms with E-state index in [4.69, 9.17) is 4.74 Å². The molecule has 0 bridgehead atoms. The molecule has 1 aliphatic rings. The van der Waals surface area contributed by atoms with Gasteiger partial charge in [0.25, 0.3) is 11.6 Å². The van der Waals surface area contributed by atoms with Gasteiger partial charge in [-0.25, -0.2) is 4.68 Å². The van der Waals surface area contributed by atoms with E-state index in [9.17, 15) is 19.7 Å². The van der Waals surface area contributed by atoms with Gasteiger partial charge in [-0.3, -0.25) is 19.7 Å². The number of carbonyl (C=O) groups excluding carboxylic acids is 2. The second-order valence-electron chi connectivity index (χ2n) is 8.44. The molecule has 1 aliphatic carbocycles. The molecule has 160 valence electrons. The Morgan fingerprint density at radius 2 is 2.07 bits per heavy atom. The fraction of sp³-hybridized carbons (Fsp3) is 0.476. The number of rotatable bonds is 6. The van der Waals surface area contributed by atoms with Crippen LogP contribution in [0.4, 0.5) is 5.69 Å². The zero-order chi connectivity index (χ0) is 22.2. The van der Waals surface area contributed by atoms with Crippen LogP contribution in [-0.4, -0.2) is 58.6 Å². The average Bonchev–Trinajstić information content (AvgIpc) is 2.99. The lowest BCUT2D eigenvalue weighted by Gasteiger charge is -2.29. The number of hydrogen-bond acceptors (Lipinski definition) is 6. The molecule has 0 radical (unpaired) electrons. The maximum absolute atomic E-state index is 12.6. The minimum absolute atomic E-state index is 0.000723. The lowest BCUT2D eigenvalue weighted by atomic mass is 9.75. The van der Waals surface area contributed by atoms with E-state index in [2.05, 4.69) is 5.10 Å². The van der Waals surface area contributed by atoms with Gasteiger partial charge in [-0.05, 0) is 30.9 Å². The number of aryl methyl sites for hydroxylation is 1. The molecule has 0 atom stereocenters. The van der Waals surface area contributed by atoms with Crippen LogP contribution in [0.15, 0.2) is 18.2 Å². The minimum atomic E-state index is -0.527. The predicted molar refractivity (Wildman–Crippen MR) is 110 cm³/mol. The molecule has 1 aromatic heterocycles. The average molecular weight is 414 g/mol. The van der Waals surface area contributed by atoms with Crippen LogP contribution < -0.4 is 0 Å². The quantitative estimate of drug-likeness (QED) is 0.531. The molecule has 0 aliphatic heterocycles. The number of Topliss-reactive ketones (excluding diaryl/α,β-unsaturated/α-hetero) is 1. The molecular formula is C21H26N4O5. The van der Waals surface area contributed by atoms with Gasteiger partial charge in [0.15, 0.2) is 5.78 Å². The molecule has 0 saturated heterocycles. The lowest BCUT2D eigenvalue weighted by molar-refractivity contribution is -0.384. The fourth-order valence-corrected chi connectivity index (χ4v) is 3.87. The number of aromatic nitrogens is 2. The Bertz CT molecular complexity index is 1020. The summed E-state index contributed by atoms with van der Waals surface area (Å²) in [4.78, 5) is 38.0. The molecule has 3 rings (SSSR count). The summed E-state index contributed by atoms with van der Waals surface area (Å²) < 4.78 is 6.47. The largest absolute Gasteiger partial charge is 0.383 e. The van der Waals surface area contributed by atoms with Crippen molar-refractivity contribution in [3.63, 3.8) is 0 Å². The zero-order valence-electron chi connectivity index (χ0n) is 17.9. The third-order valence-corrected chi connectivity index (χ3v) is 5.34. The SMILES string of the molecule is COCCN(C)C(=O)c1ccc(-n2nc(C)c3c2CC(C)(C)CC3=O)c([N+](=O)[O-])c1. The summed E-state index contributed by atoms with van der Waals surface area (Å²) in [5, 5.41) is 16.3. The van der Waals surface area contributed by atoms with Gasteiger partial charge in [-0.1, -0.05) is 13.8 Å². The minimum Gasteiger partial charge on any atom is -0.383 e. The van der Waals surface area contributed by atoms with Crippen LogP contribution >= 0.6 is 0 Å². The number of carbonyl (C=O) groups is 2. The topological polar surface area (TPSA) is 108 Å². The molecule has 1 aromatic carbocycles. The number of ether oxygens (including phenoxy) is 1. The number of hydrogen-bond donors (Lipinski definition) is 0. The summed E-state index contributed by atoms with van der Waals surface area (Å²) in [6.07, 6.45) is 0.988. The van der Waals surface area contributed by atoms with Gasteiger partial charge >= 0.3 is 0 Å². The van der Waals surface area contributed by atoms with E-state index in [1.54, 1.807) is 20.0 Å². The Balaban J connectivity index is 2.08.